The van der Waals surface area contributed by atoms with Gasteiger partial charge in [0.1, 0.15) is 0 Å². The Kier molecular flexibility index (Phi) is 3.35. The summed E-state index contributed by atoms with van der Waals surface area (Å²) >= 11 is 0. The summed E-state index contributed by atoms with van der Waals surface area (Å²) < 4.78 is 0. The monoisotopic (exact) mass is 199 g/mol. The number of hydrogen-bond acceptors (Lipinski definition) is 0. The Bertz CT molecular complexity index is 381. The van der Waals surface area contributed by atoms with E-state index in [-0.39, 0.29) is 0 Å². The first-order chi connectivity index (χ1) is 6.95. The van der Waals surface area contributed by atoms with E-state index in [1.165, 1.54) is 25.6 Å². The summed E-state index contributed by atoms with van der Waals surface area (Å²) in [5.41, 5.74) is 4.55. The Morgan fingerprint density at radius 2 is 2.00 bits per heavy atom. The van der Waals surface area contributed by atoms with Crippen LogP contribution in [0, 0.1) is 0 Å². The lowest BCUT2D eigenvalue weighted by Crippen LogP contribution is -1.93. The number of allylic oxidation sites excluding steroid dienone is 3. The van der Waals surface area contributed by atoms with Crippen LogP contribution < -0.4 is 5.30 Å². The molecule has 0 amide bonds. The average Bonchev–Trinajstić information content (AvgIpc) is 2.72. The second kappa shape index (κ2) is 4.96. The number of hydrogen-bond donors (Lipinski definition) is 0. The maximum Gasteiger partial charge on any atom is -0.00837 e. The summed E-state index contributed by atoms with van der Waals surface area (Å²) in [5.74, 6) is 0. The third-order valence-electron chi connectivity index (χ3n) is 2.09. The largest absolute Gasteiger partial charge is 0.506 e. The van der Waals surface area contributed by atoms with Crippen molar-refractivity contribution >= 4 is 13.9 Å². The van der Waals surface area contributed by atoms with Crippen molar-refractivity contribution in [2.24, 2.45) is 0 Å². The molecule has 1 aliphatic carbocycles. The molecule has 0 unspecified atom stereocenters. The molecule has 0 N–H and O–H groups in total. The van der Waals surface area contributed by atoms with Gasteiger partial charge in [-0.3, -0.25) is 0 Å². The topological polar surface area (TPSA) is 0 Å². The molecule has 2 rings (SSSR count). The molecule has 0 fully saturated rings. The van der Waals surface area contributed by atoms with Crippen molar-refractivity contribution in [3.05, 3.63) is 59.9 Å². The van der Waals surface area contributed by atoms with Gasteiger partial charge >= 0.3 is 0 Å². The second-order valence-electron chi connectivity index (χ2n) is 3.16. The highest BCUT2D eigenvalue weighted by Gasteiger charge is 1.89. The van der Waals surface area contributed by atoms with E-state index in [1.807, 2.05) is 6.08 Å². The summed E-state index contributed by atoms with van der Waals surface area (Å²) in [6.45, 7) is 0. The van der Waals surface area contributed by atoms with Crippen LogP contribution in [0.1, 0.15) is 6.42 Å². The van der Waals surface area contributed by atoms with Gasteiger partial charge in [0.05, 0.1) is 0 Å². The highest BCUT2D eigenvalue weighted by molar-refractivity contribution is 7.47. The van der Waals surface area contributed by atoms with Crippen LogP contribution in [0.2, 0.25) is 0 Å². The first kappa shape index (κ1) is 9.46. The van der Waals surface area contributed by atoms with Gasteiger partial charge in [-0.15, -0.1) is 5.73 Å². The lowest BCUT2D eigenvalue weighted by molar-refractivity contribution is 1.18. The molecule has 0 atom stereocenters. The quantitative estimate of drug-likeness (QED) is 0.515. The van der Waals surface area contributed by atoms with E-state index in [0.29, 0.717) is 0 Å². The summed E-state index contributed by atoms with van der Waals surface area (Å²) in [7, 11) is 1.41. The molecular weight excluding hydrogens is 187 g/mol. The first-order valence-electron chi connectivity index (χ1n) is 4.80. The van der Waals surface area contributed by atoms with Gasteiger partial charge in [0.2, 0.25) is 0 Å². The van der Waals surface area contributed by atoms with Crippen LogP contribution in [-0.4, -0.2) is 6.16 Å². The van der Waals surface area contributed by atoms with Crippen molar-refractivity contribution in [3.8, 4) is 0 Å². The van der Waals surface area contributed by atoms with Gasteiger partial charge in [-0.1, -0.05) is 42.5 Å². The van der Waals surface area contributed by atoms with Crippen LogP contribution in [0.5, 0.6) is 0 Å². The predicted molar refractivity (Wildman–Crippen MR) is 63.2 cm³/mol. The summed E-state index contributed by atoms with van der Waals surface area (Å²) in [6.07, 6.45) is 8.48. The fourth-order valence-electron chi connectivity index (χ4n) is 1.36. The summed E-state index contributed by atoms with van der Waals surface area (Å²) in [4.78, 5) is 0. The van der Waals surface area contributed by atoms with E-state index < -0.39 is 0 Å². The molecule has 0 heterocycles. The third-order valence-corrected chi connectivity index (χ3v) is 3.20. The SMILES string of the molecule is C1=CC=CC=1CC[P-]c1ccccc1. The third kappa shape index (κ3) is 2.70. The Morgan fingerprint density at radius 3 is 2.71 bits per heavy atom. The first-order valence-corrected chi connectivity index (χ1v) is 5.88. The standard InChI is InChI=1S/C13H12P/c1-2-8-13(9-3-1)14-11-10-12-6-4-5-7-12/h1-6,8-9H,10-11H2/q-1. The zero-order valence-electron chi connectivity index (χ0n) is 7.98. The molecule has 0 spiro atoms. The van der Waals surface area contributed by atoms with Gasteiger partial charge in [0.15, 0.2) is 0 Å². The van der Waals surface area contributed by atoms with Gasteiger partial charge in [-0.05, 0) is 18.1 Å². The van der Waals surface area contributed by atoms with Crippen molar-refractivity contribution in [2.45, 2.75) is 6.42 Å². The molecule has 0 radical (unpaired) electrons. The zero-order chi connectivity index (χ0) is 9.64. The Hall–Kier alpha value is -1.09. The van der Waals surface area contributed by atoms with E-state index in [4.69, 9.17) is 0 Å². The van der Waals surface area contributed by atoms with Crippen molar-refractivity contribution in [3.63, 3.8) is 0 Å². The van der Waals surface area contributed by atoms with E-state index in [1.54, 1.807) is 0 Å². The molecule has 1 aromatic carbocycles. The molecule has 0 saturated carbocycles. The zero-order valence-corrected chi connectivity index (χ0v) is 8.87. The van der Waals surface area contributed by atoms with Crippen molar-refractivity contribution < 1.29 is 0 Å². The molecule has 1 heteroatoms. The molecule has 14 heavy (non-hydrogen) atoms. The van der Waals surface area contributed by atoms with Crippen LogP contribution in [0.4, 0.5) is 0 Å². The minimum Gasteiger partial charge on any atom is -0.506 e. The van der Waals surface area contributed by atoms with Gasteiger partial charge in [0.25, 0.3) is 0 Å². The van der Waals surface area contributed by atoms with Crippen LogP contribution in [0.25, 0.3) is 0 Å². The van der Waals surface area contributed by atoms with E-state index >= 15 is 0 Å². The van der Waals surface area contributed by atoms with Crippen molar-refractivity contribution in [1.82, 2.24) is 0 Å². The molecule has 0 bridgehead atoms. The highest BCUT2D eigenvalue weighted by atomic mass is 31.1. The fourth-order valence-corrected chi connectivity index (χ4v) is 2.36. The van der Waals surface area contributed by atoms with Crippen LogP contribution in [0.3, 0.4) is 0 Å². The van der Waals surface area contributed by atoms with Gasteiger partial charge in [0, 0.05) is 0 Å². The summed E-state index contributed by atoms with van der Waals surface area (Å²) in [6, 6.07) is 10.6. The van der Waals surface area contributed by atoms with E-state index in [0.717, 1.165) is 6.42 Å². The van der Waals surface area contributed by atoms with E-state index in [2.05, 4.69) is 48.2 Å². The van der Waals surface area contributed by atoms with Crippen LogP contribution >= 0.6 is 8.58 Å². The fraction of sp³-hybridized carbons (Fsp3) is 0.154. The number of rotatable bonds is 4. The average molecular weight is 199 g/mol. The molecule has 1 aromatic rings. The minimum absolute atomic E-state index is 1.13. The highest BCUT2D eigenvalue weighted by Crippen LogP contribution is 2.16. The Labute approximate surface area is 86.8 Å². The van der Waals surface area contributed by atoms with Crippen molar-refractivity contribution in [1.29, 1.82) is 0 Å². The molecule has 0 nitrogen and oxygen atoms in total. The lowest BCUT2D eigenvalue weighted by Gasteiger charge is -2.17. The molecule has 0 aliphatic heterocycles. The number of benzene rings is 1. The maximum atomic E-state index is 3.22. The predicted octanol–water partition coefficient (Wildman–Crippen LogP) is 3.30. The van der Waals surface area contributed by atoms with Crippen LogP contribution in [-0.2, 0) is 0 Å². The Morgan fingerprint density at radius 1 is 1.14 bits per heavy atom. The van der Waals surface area contributed by atoms with E-state index in [9.17, 15) is 0 Å². The second-order valence-corrected chi connectivity index (χ2v) is 4.44. The normalized spacial score (nSPS) is 14.1. The van der Waals surface area contributed by atoms with Crippen molar-refractivity contribution in [2.75, 3.05) is 6.16 Å². The molecule has 70 valence electrons. The van der Waals surface area contributed by atoms with Gasteiger partial charge < -0.3 is 8.58 Å². The summed E-state index contributed by atoms with van der Waals surface area (Å²) in [5, 5.41) is 1.40. The molecule has 0 saturated heterocycles. The van der Waals surface area contributed by atoms with Crippen LogP contribution in [0.15, 0.2) is 59.9 Å². The molecule has 0 aromatic heterocycles. The Balaban J connectivity index is 1.79. The maximum absolute atomic E-state index is 3.22. The molecular formula is C13H12P-. The smallest absolute Gasteiger partial charge is 0.00837 e. The molecule has 1 aliphatic rings. The van der Waals surface area contributed by atoms with Gasteiger partial charge in [-0.2, -0.15) is 6.16 Å². The minimum atomic E-state index is 1.13. The van der Waals surface area contributed by atoms with Gasteiger partial charge in [-0.25, -0.2) is 5.30 Å². The lowest BCUT2D eigenvalue weighted by atomic mass is 10.2.